The van der Waals surface area contributed by atoms with Gasteiger partial charge in [-0.3, -0.25) is 9.48 Å². The number of amides is 1. The molecule has 0 radical (unpaired) electrons. The highest BCUT2D eigenvalue weighted by Gasteiger charge is 2.26. The van der Waals surface area contributed by atoms with Crippen molar-refractivity contribution < 1.29 is 9.53 Å². The first-order valence-corrected chi connectivity index (χ1v) is 8.73. The van der Waals surface area contributed by atoms with E-state index in [4.69, 9.17) is 4.74 Å². The molecule has 0 spiro atoms. The van der Waals surface area contributed by atoms with Gasteiger partial charge in [0.15, 0.2) is 0 Å². The zero-order chi connectivity index (χ0) is 16.2. The summed E-state index contributed by atoms with van der Waals surface area (Å²) in [4.78, 5) is 14.4. The molecule has 1 aromatic rings. The molecule has 2 saturated heterocycles. The number of carbonyl (C=O) groups excluding carboxylic acids is 1. The van der Waals surface area contributed by atoms with Gasteiger partial charge in [0.2, 0.25) is 5.91 Å². The molecule has 2 unspecified atom stereocenters. The van der Waals surface area contributed by atoms with E-state index in [9.17, 15) is 4.79 Å². The fourth-order valence-electron chi connectivity index (χ4n) is 3.56. The Morgan fingerprint density at radius 2 is 2.20 bits per heavy atom. The minimum absolute atomic E-state index is 0. The summed E-state index contributed by atoms with van der Waals surface area (Å²) in [5.41, 5.74) is 2.17. The summed E-state index contributed by atoms with van der Waals surface area (Å²) in [6.45, 7) is 8.96. The van der Waals surface area contributed by atoms with Crippen molar-refractivity contribution in [3.8, 4) is 0 Å². The quantitative estimate of drug-likeness (QED) is 0.831. The Bertz CT molecular complexity index is 547. The molecule has 0 bridgehead atoms. The molecule has 0 aromatic carbocycles. The number of hydrogen-bond acceptors (Lipinski definition) is 4. The maximum atomic E-state index is 12.5. The van der Waals surface area contributed by atoms with E-state index in [1.165, 1.54) is 6.42 Å². The molecule has 2 fully saturated rings. The summed E-state index contributed by atoms with van der Waals surface area (Å²) in [6, 6.07) is 2.07. The van der Waals surface area contributed by atoms with E-state index in [-0.39, 0.29) is 36.8 Å². The van der Waals surface area contributed by atoms with Gasteiger partial charge < -0.3 is 15.0 Å². The van der Waals surface area contributed by atoms with Crippen molar-refractivity contribution in [2.45, 2.75) is 45.8 Å². The first kappa shape index (κ1) is 22.2. The second-order valence-corrected chi connectivity index (χ2v) is 6.84. The number of nitrogens with zero attached hydrogens (tertiary/aromatic N) is 3. The molecule has 2 aliphatic heterocycles. The van der Waals surface area contributed by atoms with E-state index in [1.807, 2.05) is 16.5 Å². The highest BCUT2D eigenvalue weighted by Crippen LogP contribution is 2.17. The first-order chi connectivity index (χ1) is 11.1. The topological polar surface area (TPSA) is 59.4 Å². The van der Waals surface area contributed by atoms with Crippen LogP contribution in [0.1, 0.15) is 30.7 Å². The molecule has 2 atom stereocenters. The molecule has 2 aliphatic rings. The van der Waals surface area contributed by atoms with Crippen LogP contribution in [0.25, 0.3) is 0 Å². The molecule has 1 N–H and O–H groups in total. The summed E-state index contributed by atoms with van der Waals surface area (Å²) >= 11 is 0. The Morgan fingerprint density at radius 3 is 2.84 bits per heavy atom. The number of morpholine rings is 1. The van der Waals surface area contributed by atoms with Crippen molar-refractivity contribution in [1.82, 2.24) is 20.0 Å². The number of rotatable bonds is 5. The second kappa shape index (κ2) is 10.4. The van der Waals surface area contributed by atoms with Crippen molar-refractivity contribution in [3.63, 3.8) is 0 Å². The van der Waals surface area contributed by atoms with Crippen molar-refractivity contribution in [1.29, 1.82) is 0 Å². The van der Waals surface area contributed by atoms with E-state index in [2.05, 4.69) is 23.4 Å². The molecule has 25 heavy (non-hydrogen) atoms. The van der Waals surface area contributed by atoms with Gasteiger partial charge in [-0.25, -0.2) is 0 Å². The summed E-state index contributed by atoms with van der Waals surface area (Å²) in [6.07, 6.45) is 2.92. The lowest BCUT2D eigenvalue weighted by Gasteiger charge is -2.33. The number of carbonyl (C=O) groups is 1. The van der Waals surface area contributed by atoms with Crippen LogP contribution in [0, 0.1) is 19.8 Å². The number of halogens is 2. The molecule has 1 aromatic heterocycles. The number of ether oxygens (including phenoxy) is 1. The highest BCUT2D eigenvalue weighted by molar-refractivity contribution is 5.85. The fraction of sp³-hybridized carbons (Fsp3) is 0.765. The van der Waals surface area contributed by atoms with E-state index in [0.717, 1.165) is 44.0 Å². The van der Waals surface area contributed by atoms with Gasteiger partial charge in [0, 0.05) is 25.2 Å². The molecule has 0 aliphatic carbocycles. The molecule has 3 heterocycles. The molecule has 6 nitrogen and oxygen atoms in total. The van der Waals surface area contributed by atoms with Crippen LogP contribution in [0.2, 0.25) is 0 Å². The fourth-order valence-corrected chi connectivity index (χ4v) is 3.56. The third-order valence-corrected chi connectivity index (χ3v) is 4.90. The standard InChI is InChI=1S/C17H28N4O2.2ClH/c1-13-9-14(2)21(19-13)12-16-11-20(7-8-23-16)17(22)4-3-15-5-6-18-10-15;;/h9,15-16,18H,3-8,10-12H2,1-2H3;2*1H. The minimum Gasteiger partial charge on any atom is -0.373 e. The van der Waals surface area contributed by atoms with E-state index < -0.39 is 0 Å². The van der Waals surface area contributed by atoms with Crippen LogP contribution in [-0.2, 0) is 16.1 Å². The number of aryl methyl sites for hydroxylation is 2. The Labute approximate surface area is 162 Å². The molecule has 144 valence electrons. The second-order valence-electron chi connectivity index (χ2n) is 6.84. The predicted molar refractivity (Wildman–Crippen MR) is 103 cm³/mol. The normalized spacial score (nSPS) is 23.0. The van der Waals surface area contributed by atoms with Gasteiger partial charge in [0.05, 0.1) is 24.9 Å². The van der Waals surface area contributed by atoms with Gasteiger partial charge in [0.25, 0.3) is 0 Å². The van der Waals surface area contributed by atoms with Gasteiger partial charge in [-0.05, 0) is 51.8 Å². The third kappa shape index (κ3) is 6.13. The lowest BCUT2D eigenvalue weighted by Crippen LogP contribution is -2.47. The van der Waals surface area contributed by atoms with E-state index in [0.29, 0.717) is 25.5 Å². The smallest absolute Gasteiger partial charge is 0.222 e. The van der Waals surface area contributed by atoms with Crippen LogP contribution in [0.3, 0.4) is 0 Å². The molecule has 3 rings (SSSR count). The number of hydrogen-bond donors (Lipinski definition) is 1. The highest BCUT2D eigenvalue weighted by atomic mass is 35.5. The van der Waals surface area contributed by atoms with Crippen LogP contribution >= 0.6 is 24.8 Å². The average Bonchev–Trinajstić information content (AvgIpc) is 3.15. The Morgan fingerprint density at radius 1 is 1.40 bits per heavy atom. The van der Waals surface area contributed by atoms with Gasteiger partial charge in [-0.1, -0.05) is 0 Å². The van der Waals surface area contributed by atoms with Crippen molar-refractivity contribution in [3.05, 3.63) is 17.5 Å². The van der Waals surface area contributed by atoms with Gasteiger partial charge in [-0.2, -0.15) is 5.10 Å². The molecule has 1 amide bonds. The van der Waals surface area contributed by atoms with Crippen molar-refractivity contribution in [2.75, 3.05) is 32.8 Å². The Hall–Kier alpha value is -0.820. The predicted octanol–water partition coefficient (Wildman–Crippen LogP) is 1.96. The van der Waals surface area contributed by atoms with Gasteiger partial charge >= 0.3 is 0 Å². The summed E-state index contributed by atoms with van der Waals surface area (Å²) in [5, 5.41) is 7.85. The number of nitrogens with one attached hydrogen (secondary N) is 1. The molecular formula is C17H30Cl2N4O2. The molecule has 8 heteroatoms. The average molecular weight is 393 g/mol. The number of aromatic nitrogens is 2. The summed E-state index contributed by atoms with van der Waals surface area (Å²) < 4.78 is 7.82. The lowest BCUT2D eigenvalue weighted by molar-refractivity contribution is -0.139. The van der Waals surface area contributed by atoms with Crippen LogP contribution in [0.5, 0.6) is 0 Å². The first-order valence-electron chi connectivity index (χ1n) is 8.73. The third-order valence-electron chi connectivity index (χ3n) is 4.90. The minimum atomic E-state index is 0. The van der Waals surface area contributed by atoms with Crippen LogP contribution in [0.15, 0.2) is 6.07 Å². The van der Waals surface area contributed by atoms with Crippen LogP contribution in [0.4, 0.5) is 0 Å². The lowest BCUT2D eigenvalue weighted by atomic mass is 10.0. The zero-order valence-electron chi connectivity index (χ0n) is 15.1. The maximum Gasteiger partial charge on any atom is 0.222 e. The van der Waals surface area contributed by atoms with Crippen LogP contribution in [-0.4, -0.2) is 59.5 Å². The maximum absolute atomic E-state index is 12.5. The Balaban J connectivity index is 0.00000156. The largest absolute Gasteiger partial charge is 0.373 e. The SMILES string of the molecule is Cc1cc(C)n(CC2CN(C(=O)CCC3CCNC3)CCO2)n1.Cl.Cl. The van der Waals surface area contributed by atoms with Crippen LogP contribution < -0.4 is 5.32 Å². The summed E-state index contributed by atoms with van der Waals surface area (Å²) in [5.74, 6) is 0.948. The van der Waals surface area contributed by atoms with Crippen molar-refractivity contribution in [2.24, 2.45) is 5.92 Å². The molecule has 0 saturated carbocycles. The van der Waals surface area contributed by atoms with E-state index in [1.54, 1.807) is 0 Å². The van der Waals surface area contributed by atoms with Crippen molar-refractivity contribution >= 4 is 30.7 Å². The zero-order valence-corrected chi connectivity index (χ0v) is 16.7. The monoisotopic (exact) mass is 392 g/mol. The molecular weight excluding hydrogens is 363 g/mol. The van der Waals surface area contributed by atoms with Gasteiger partial charge in [-0.15, -0.1) is 24.8 Å². The van der Waals surface area contributed by atoms with Gasteiger partial charge in [0.1, 0.15) is 0 Å². The Kier molecular flexibility index (Phi) is 9.21. The van der Waals surface area contributed by atoms with E-state index >= 15 is 0 Å². The summed E-state index contributed by atoms with van der Waals surface area (Å²) in [7, 11) is 0.